The first-order chi connectivity index (χ1) is 15.3. The van der Waals surface area contributed by atoms with Crippen LogP contribution in [0.5, 0.6) is 11.5 Å². The molecule has 0 unspecified atom stereocenters. The predicted octanol–water partition coefficient (Wildman–Crippen LogP) is 5.06. The summed E-state index contributed by atoms with van der Waals surface area (Å²) in [5, 5.41) is 21.6. The zero-order valence-corrected chi connectivity index (χ0v) is 18.3. The van der Waals surface area contributed by atoms with Crippen molar-refractivity contribution in [1.82, 2.24) is 4.98 Å². The van der Waals surface area contributed by atoms with Crippen molar-refractivity contribution in [2.24, 2.45) is 0 Å². The van der Waals surface area contributed by atoms with Crippen LogP contribution in [0.15, 0.2) is 72.4 Å². The van der Waals surface area contributed by atoms with Crippen LogP contribution < -0.4 is 10.1 Å². The maximum Gasteiger partial charge on any atom is 0.253 e. The average Bonchev–Trinajstić information content (AvgIpc) is 2.77. The molecule has 0 saturated heterocycles. The number of anilines is 1. The number of rotatable bonds is 6. The van der Waals surface area contributed by atoms with Crippen molar-refractivity contribution in [2.75, 3.05) is 11.9 Å². The molecule has 6 heteroatoms. The van der Waals surface area contributed by atoms with E-state index in [0.29, 0.717) is 22.7 Å². The Morgan fingerprint density at radius 1 is 1.12 bits per heavy atom. The van der Waals surface area contributed by atoms with Crippen molar-refractivity contribution in [3.63, 3.8) is 0 Å². The second kappa shape index (κ2) is 9.90. The van der Waals surface area contributed by atoms with Crippen LogP contribution in [0.1, 0.15) is 37.6 Å². The van der Waals surface area contributed by atoms with E-state index in [0.717, 1.165) is 5.56 Å². The summed E-state index contributed by atoms with van der Waals surface area (Å²) in [6.07, 6.45) is 3.11. The summed E-state index contributed by atoms with van der Waals surface area (Å²) in [6.45, 7) is 5.91. The molecule has 0 aliphatic rings. The molecule has 0 saturated carbocycles. The van der Waals surface area contributed by atoms with Crippen LogP contribution in [-0.2, 0) is 10.2 Å². The highest BCUT2D eigenvalue weighted by molar-refractivity contribution is 6.07. The normalized spacial score (nSPS) is 11.5. The molecule has 0 atom stereocenters. The molecule has 0 radical (unpaired) electrons. The minimum Gasteiger partial charge on any atom is -0.457 e. The number of nitriles is 1. The van der Waals surface area contributed by atoms with E-state index in [1.807, 2.05) is 36.4 Å². The summed E-state index contributed by atoms with van der Waals surface area (Å²) in [5.74, 6) is 0.638. The van der Waals surface area contributed by atoms with E-state index in [9.17, 15) is 9.90 Å². The number of hydrogen-bond acceptors (Lipinski definition) is 5. The van der Waals surface area contributed by atoms with Gasteiger partial charge in [0.2, 0.25) is 0 Å². The fraction of sp³-hybridized carbons (Fsp3) is 0.192. The maximum atomic E-state index is 12.7. The molecule has 1 aromatic heterocycles. The quantitative estimate of drug-likeness (QED) is 0.536. The zero-order valence-electron chi connectivity index (χ0n) is 18.3. The Morgan fingerprint density at radius 2 is 1.88 bits per heavy atom. The second-order valence-corrected chi connectivity index (χ2v) is 8.28. The van der Waals surface area contributed by atoms with E-state index in [1.165, 1.54) is 6.20 Å². The summed E-state index contributed by atoms with van der Waals surface area (Å²) < 4.78 is 5.79. The number of aliphatic hydroxyl groups is 1. The SMILES string of the molecule is CC(C)(C)c1cccc(NC(=O)/C(=C/c2cccc(Oc3ccnc(C#N)c3)c2)CO)c1. The molecule has 0 aliphatic carbocycles. The topological polar surface area (TPSA) is 95.2 Å². The first-order valence-corrected chi connectivity index (χ1v) is 10.2. The third kappa shape index (κ3) is 6.03. The minimum absolute atomic E-state index is 0.0420. The van der Waals surface area contributed by atoms with E-state index in [4.69, 9.17) is 10.00 Å². The first kappa shape index (κ1) is 22.7. The Labute approximate surface area is 187 Å². The van der Waals surface area contributed by atoms with E-state index in [-0.39, 0.29) is 22.6 Å². The van der Waals surface area contributed by atoms with Gasteiger partial charge in [-0.25, -0.2) is 4.98 Å². The highest BCUT2D eigenvalue weighted by atomic mass is 16.5. The Kier molecular flexibility index (Phi) is 7.04. The lowest BCUT2D eigenvalue weighted by molar-refractivity contribution is -0.113. The molecule has 32 heavy (non-hydrogen) atoms. The van der Waals surface area contributed by atoms with Crippen molar-refractivity contribution in [2.45, 2.75) is 26.2 Å². The van der Waals surface area contributed by atoms with Crippen LogP contribution in [0.25, 0.3) is 6.08 Å². The van der Waals surface area contributed by atoms with Gasteiger partial charge in [0.15, 0.2) is 0 Å². The van der Waals surface area contributed by atoms with E-state index < -0.39 is 6.61 Å². The molecule has 3 aromatic rings. The number of pyridine rings is 1. The number of carbonyl (C=O) groups excluding carboxylic acids is 1. The van der Waals surface area contributed by atoms with Gasteiger partial charge in [0, 0.05) is 23.5 Å². The van der Waals surface area contributed by atoms with Crippen molar-refractivity contribution in [3.05, 3.63) is 89.3 Å². The first-order valence-electron chi connectivity index (χ1n) is 10.2. The van der Waals surface area contributed by atoms with Gasteiger partial charge in [-0.15, -0.1) is 0 Å². The Morgan fingerprint density at radius 3 is 2.59 bits per heavy atom. The Bertz CT molecular complexity index is 1190. The van der Waals surface area contributed by atoms with Gasteiger partial charge in [0.25, 0.3) is 5.91 Å². The van der Waals surface area contributed by atoms with Gasteiger partial charge in [0.1, 0.15) is 23.3 Å². The Balaban J connectivity index is 1.78. The maximum absolute atomic E-state index is 12.7. The smallest absolute Gasteiger partial charge is 0.253 e. The lowest BCUT2D eigenvalue weighted by Gasteiger charge is -2.20. The molecule has 0 bridgehead atoms. The second-order valence-electron chi connectivity index (χ2n) is 8.28. The van der Waals surface area contributed by atoms with Gasteiger partial charge in [0.05, 0.1) is 6.61 Å². The molecular formula is C26H25N3O3. The fourth-order valence-corrected chi connectivity index (χ4v) is 3.00. The van der Waals surface area contributed by atoms with Gasteiger partial charge in [-0.05, 0) is 52.9 Å². The number of benzene rings is 2. The highest BCUT2D eigenvalue weighted by Gasteiger charge is 2.15. The third-order valence-corrected chi connectivity index (χ3v) is 4.73. The van der Waals surface area contributed by atoms with Crippen LogP contribution >= 0.6 is 0 Å². The molecule has 2 N–H and O–H groups in total. The predicted molar refractivity (Wildman–Crippen MR) is 124 cm³/mol. The van der Waals surface area contributed by atoms with Crippen molar-refractivity contribution in [3.8, 4) is 17.6 Å². The molecule has 0 aliphatic heterocycles. The number of nitrogens with one attached hydrogen (secondary N) is 1. The Hall–Kier alpha value is -3.95. The number of ether oxygens (including phenoxy) is 1. The van der Waals surface area contributed by atoms with Crippen LogP contribution in [0.4, 0.5) is 5.69 Å². The van der Waals surface area contributed by atoms with E-state index in [2.05, 4.69) is 31.1 Å². The third-order valence-electron chi connectivity index (χ3n) is 4.73. The number of carbonyl (C=O) groups is 1. The highest BCUT2D eigenvalue weighted by Crippen LogP contribution is 2.26. The monoisotopic (exact) mass is 427 g/mol. The lowest BCUT2D eigenvalue weighted by Crippen LogP contribution is -2.18. The summed E-state index contributed by atoms with van der Waals surface area (Å²) in [6, 6.07) is 19.9. The molecule has 0 fully saturated rings. The molecular weight excluding hydrogens is 402 g/mol. The van der Waals surface area contributed by atoms with Crippen LogP contribution in [0, 0.1) is 11.3 Å². The minimum atomic E-state index is -0.411. The van der Waals surface area contributed by atoms with Crippen LogP contribution in [-0.4, -0.2) is 22.6 Å². The number of aliphatic hydroxyl groups excluding tert-OH is 1. The number of aromatic nitrogens is 1. The molecule has 2 aromatic carbocycles. The summed E-state index contributed by atoms with van der Waals surface area (Å²) in [4.78, 5) is 16.7. The summed E-state index contributed by atoms with van der Waals surface area (Å²) in [5.41, 5.74) is 2.90. The molecule has 3 rings (SSSR count). The van der Waals surface area contributed by atoms with Crippen molar-refractivity contribution in [1.29, 1.82) is 5.26 Å². The van der Waals surface area contributed by atoms with Gasteiger partial charge >= 0.3 is 0 Å². The van der Waals surface area contributed by atoms with Crippen LogP contribution in [0.2, 0.25) is 0 Å². The van der Waals surface area contributed by atoms with Gasteiger partial charge < -0.3 is 15.2 Å². The number of hydrogen-bond donors (Lipinski definition) is 2. The van der Waals surface area contributed by atoms with Gasteiger partial charge in [-0.2, -0.15) is 5.26 Å². The van der Waals surface area contributed by atoms with Gasteiger partial charge in [-0.1, -0.05) is 45.0 Å². The lowest BCUT2D eigenvalue weighted by atomic mass is 9.87. The fourth-order valence-electron chi connectivity index (χ4n) is 3.00. The summed E-state index contributed by atoms with van der Waals surface area (Å²) in [7, 11) is 0. The largest absolute Gasteiger partial charge is 0.457 e. The number of nitrogens with zero attached hydrogens (tertiary/aromatic N) is 2. The molecule has 1 amide bonds. The molecule has 6 nitrogen and oxygen atoms in total. The molecule has 162 valence electrons. The standard InChI is InChI=1S/C26H25N3O3/c1-26(2,3)20-7-5-8-21(14-20)29-25(31)19(17-30)12-18-6-4-9-23(13-18)32-24-10-11-28-22(15-24)16-27/h4-15,30H,17H2,1-3H3,(H,29,31)/b19-12+. The average molecular weight is 428 g/mol. The zero-order chi connectivity index (χ0) is 23.1. The molecule has 0 spiro atoms. The van der Waals surface area contributed by atoms with Crippen molar-refractivity contribution < 1.29 is 14.6 Å². The van der Waals surface area contributed by atoms with E-state index >= 15 is 0 Å². The van der Waals surface area contributed by atoms with E-state index in [1.54, 1.807) is 36.4 Å². The number of amides is 1. The van der Waals surface area contributed by atoms with Crippen LogP contribution in [0.3, 0.4) is 0 Å². The van der Waals surface area contributed by atoms with Gasteiger partial charge in [-0.3, -0.25) is 4.79 Å². The summed E-state index contributed by atoms with van der Waals surface area (Å²) >= 11 is 0. The van der Waals surface area contributed by atoms with Crippen molar-refractivity contribution >= 4 is 17.7 Å². The molecule has 1 heterocycles.